The Hall–Kier alpha value is -2.45. The number of nitrogens with one attached hydrogen (secondary N) is 2. The number of hydrogen-bond donors (Lipinski definition) is 2. The molecule has 30 heavy (non-hydrogen) atoms. The molecule has 0 atom stereocenters. The van der Waals surface area contributed by atoms with Gasteiger partial charge in [-0.15, -0.1) is 0 Å². The number of hydrogen-bond acceptors (Lipinski definition) is 5. The van der Waals surface area contributed by atoms with E-state index in [9.17, 15) is 14.4 Å². The highest BCUT2D eigenvalue weighted by Crippen LogP contribution is 2.14. The minimum Gasteiger partial charge on any atom is -0.378 e. The molecule has 0 radical (unpaired) electrons. The van der Waals surface area contributed by atoms with Crippen molar-refractivity contribution in [2.24, 2.45) is 0 Å². The van der Waals surface area contributed by atoms with E-state index in [1.165, 1.54) is 18.2 Å². The van der Waals surface area contributed by atoms with Crippen LogP contribution in [-0.2, 0) is 36.7 Å². The van der Waals surface area contributed by atoms with E-state index in [1.807, 2.05) is 12.1 Å². The lowest BCUT2D eigenvalue weighted by molar-refractivity contribution is -0.140. The zero-order valence-electron chi connectivity index (χ0n) is 17.8. The number of carbonyl (C=O) groups excluding carboxylic acids is 3. The zero-order chi connectivity index (χ0) is 21.6. The van der Waals surface area contributed by atoms with Gasteiger partial charge >= 0.3 is 11.8 Å². The van der Waals surface area contributed by atoms with Crippen LogP contribution in [-0.4, -0.2) is 75.7 Å². The highest BCUT2D eigenvalue weighted by Gasteiger charge is 2.16. The summed E-state index contributed by atoms with van der Waals surface area (Å²) >= 11 is 0. The number of rotatable bonds is 11. The van der Waals surface area contributed by atoms with Gasteiger partial charge in [-0.3, -0.25) is 14.4 Å². The number of amides is 3. The summed E-state index contributed by atoms with van der Waals surface area (Å²) in [6.07, 6.45) is 4.41. The molecule has 1 aliphatic rings. The van der Waals surface area contributed by atoms with Gasteiger partial charge in [-0.25, -0.2) is 0 Å². The second-order valence-corrected chi connectivity index (χ2v) is 7.21. The second kappa shape index (κ2) is 13.7. The van der Waals surface area contributed by atoms with E-state index < -0.39 is 11.8 Å². The van der Waals surface area contributed by atoms with Crippen LogP contribution in [0.4, 0.5) is 0 Å². The lowest BCUT2D eigenvalue weighted by Gasteiger charge is -2.26. The van der Waals surface area contributed by atoms with Gasteiger partial charge in [0.2, 0.25) is 5.91 Å². The molecule has 8 nitrogen and oxygen atoms in total. The minimum absolute atomic E-state index is 0.0298. The topological polar surface area (TPSA) is 97.0 Å². The van der Waals surface area contributed by atoms with E-state index in [2.05, 4.69) is 22.8 Å². The molecule has 1 aromatic rings. The SMILES string of the molecule is CNC(=O)C(=O)NCCCCc1ccccc1CCCOCC(=O)N1CCOCC1. The van der Waals surface area contributed by atoms with Crippen molar-refractivity contribution in [3.8, 4) is 0 Å². The summed E-state index contributed by atoms with van der Waals surface area (Å²) in [6, 6.07) is 8.32. The summed E-state index contributed by atoms with van der Waals surface area (Å²) in [5, 5.41) is 4.91. The number of aryl methyl sites for hydroxylation is 2. The molecule has 1 aliphatic heterocycles. The molecule has 2 N–H and O–H groups in total. The molecule has 1 heterocycles. The number of nitrogens with zero attached hydrogens (tertiary/aromatic N) is 1. The van der Waals surface area contributed by atoms with E-state index in [0.29, 0.717) is 39.5 Å². The van der Waals surface area contributed by atoms with Gasteiger partial charge in [0.05, 0.1) is 13.2 Å². The third-order valence-electron chi connectivity index (χ3n) is 5.03. The maximum absolute atomic E-state index is 12.1. The van der Waals surface area contributed by atoms with Crippen molar-refractivity contribution in [1.29, 1.82) is 0 Å². The van der Waals surface area contributed by atoms with Crippen LogP contribution in [0.1, 0.15) is 30.4 Å². The molecule has 166 valence electrons. The first-order chi connectivity index (χ1) is 14.6. The first kappa shape index (κ1) is 23.8. The van der Waals surface area contributed by atoms with Gasteiger partial charge < -0.3 is 25.0 Å². The van der Waals surface area contributed by atoms with Gasteiger partial charge in [0.1, 0.15) is 6.61 Å². The Morgan fingerprint density at radius 3 is 2.33 bits per heavy atom. The van der Waals surface area contributed by atoms with Gasteiger partial charge in [-0.1, -0.05) is 24.3 Å². The summed E-state index contributed by atoms with van der Waals surface area (Å²) in [5.41, 5.74) is 2.58. The van der Waals surface area contributed by atoms with E-state index in [-0.39, 0.29) is 12.5 Å². The first-order valence-electron chi connectivity index (χ1n) is 10.6. The van der Waals surface area contributed by atoms with Gasteiger partial charge in [0.25, 0.3) is 0 Å². The van der Waals surface area contributed by atoms with Crippen molar-refractivity contribution < 1.29 is 23.9 Å². The Kier molecular flexibility index (Phi) is 10.9. The smallest absolute Gasteiger partial charge is 0.309 e. The summed E-state index contributed by atoms with van der Waals surface area (Å²) in [6.45, 7) is 3.65. The first-order valence-corrected chi connectivity index (χ1v) is 10.6. The molecular formula is C22H33N3O5. The molecule has 2 rings (SSSR count). The summed E-state index contributed by atoms with van der Waals surface area (Å²) in [4.78, 5) is 36.4. The molecule has 3 amide bonds. The average Bonchev–Trinajstić information content (AvgIpc) is 2.79. The summed E-state index contributed by atoms with van der Waals surface area (Å²) < 4.78 is 10.8. The highest BCUT2D eigenvalue weighted by atomic mass is 16.5. The third-order valence-corrected chi connectivity index (χ3v) is 5.03. The van der Waals surface area contributed by atoms with Crippen LogP contribution in [0.15, 0.2) is 24.3 Å². The fraction of sp³-hybridized carbons (Fsp3) is 0.591. The van der Waals surface area contributed by atoms with Crippen LogP contribution in [0.5, 0.6) is 0 Å². The number of morpholine rings is 1. The highest BCUT2D eigenvalue weighted by molar-refractivity contribution is 6.34. The van der Waals surface area contributed by atoms with Crippen molar-refractivity contribution in [3.05, 3.63) is 35.4 Å². The molecule has 0 spiro atoms. The number of unbranched alkanes of at least 4 members (excludes halogenated alkanes) is 1. The van der Waals surface area contributed by atoms with Crippen molar-refractivity contribution >= 4 is 17.7 Å². The maximum Gasteiger partial charge on any atom is 0.309 e. The quantitative estimate of drug-likeness (QED) is 0.406. The molecule has 1 aromatic carbocycles. The number of carbonyl (C=O) groups is 3. The fourth-order valence-corrected chi connectivity index (χ4v) is 3.31. The lowest BCUT2D eigenvalue weighted by atomic mass is 9.98. The second-order valence-electron chi connectivity index (χ2n) is 7.21. The monoisotopic (exact) mass is 419 g/mol. The average molecular weight is 420 g/mol. The Morgan fingerprint density at radius 2 is 1.67 bits per heavy atom. The summed E-state index contributed by atoms with van der Waals surface area (Å²) in [7, 11) is 1.44. The predicted molar refractivity (Wildman–Crippen MR) is 113 cm³/mol. The fourth-order valence-electron chi connectivity index (χ4n) is 3.31. The largest absolute Gasteiger partial charge is 0.378 e. The van der Waals surface area contributed by atoms with E-state index in [1.54, 1.807) is 4.90 Å². The summed E-state index contributed by atoms with van der Waals surface area (Å²) in [5.74, 6) is -1.18. The maximum atomic E-state index is 12.1. The standard InChI is InChI=1S/C22H33N3O5/c1-23-21(27)22(28)24-11-5-4-9-18-7-2-3-8-19(18)10-6-14-30-17-20(26)25-12-15-29-16-13-25/h2-3,7-8H,4-6,9-17H2,1H3,(H,23,27)(H,24,28). The van der Waals surface area contributed by atoms with Crippen molar-refractivity contribution in [2.45, 2.75) is 32.1 Å². The molecule has 0 aromatic heterocycles. The Morgan fingerprint density at radius 1 is 1.00 bits per heavy atom. The number of likely N-dealkylation sites (N-methyl/N-ethyl adjacent to an activating group) is 1. The number of ether oxygens (including phenoxy) is 2. The lowest BCUT2D eigenvalue weighted by Crippen LogP contribution is -2.42. The van der Waals surface area contributed by atoms with Gasteiger partial charge in [-0.05, 0) is 43.2 Å². The Balaban J connectivity index is 1.61. The van der Waals surface area contributed by atoms with Crippen LogP contribution in [0.3, 0.4) is 0 Å². The Bertz CT molecular complexity index is 689. The van der Waals surface area contributed by atoms with Crippen LogP contribution in [0.2, 0.25) is 0 Å². The van der Waals surface area contributed by atoms with Gasteiger partial charge in [-0.2, -0.15) is 0 Å². The van der Waals surface area contributed by atoms with Crippen molar-refractivity contribution in [3.63, 3.8) is 0 Å². The minimum atomic E-state index is -0.616. The predicted octanol–water partition coefficient (Wildman–Crippen LogP) is 0.680. The molecule has 1 saturated heterocycles. The van der Waals surface area contributed by atoms with Gasteiger partial charge in [0, 0.05) is 33.3 Å². The van der Waals surface area contributed by atoms with E-state index >= 15 is 0 Å². The normalized spacial score (nSPS) is 13.7. The molecular weight excluding hydrogens is 386 g/mol. The molecule has 1 fully saturated rings. The van der Waals surface area contributed by atoms with E-state index in [0.717, 1.165) is 32.1 Å². The number of benzene rings is 1. The molecule has 0 bridgehead atoms. The van der Waals surface area contributed by atoms with E-state index in [4.69, 9.17) is 9.47 Å². The Labute approximate surface area is 178 Å². The van der Waals surface area contributed by atoms with Crippen molar-refractivity contribution in [1.82, 2.24) is 15.5 Å². The van der Waals surface area contributed by atoms with Crippen LogP contribution in [0.25, 0.3) is 0 Å². The van der Waals surface area contributed by atoms with Crippen LogP contribution >= 0.6 is 0 Å². The molecule has 0 saturated carbocycles. The van der Waals surface area contributed by atoms with Crippen LogP contribution < -0.4 is 10.6 Å². The molecule has 0 aliphatic carbocycles. The molecule has 0 unspecified atom stereocenters. The van der Waals surface area contributed by atoms with Crippen LogP contribution in [0, 0.1) is 0 Å². The van der Waals surface area contributed by atoms with Crippen molar-refractivity contribution in [2.75, 3.05) is 53.1 Å². The third kappa shape index (κ3) is 8.51. The zero-order valence-corrected chi connectivity index (χ0v) is 17.8. The van der Waals surface area contributed by atoms with Gasteiger partial charge in [0.15, 0.2) is 0 Å². The molecule has 8 heteroatoms.